The van der Waals surface area contributed by atoms with Crippen LogP contribution in [0.1, 0.15) is 30.2 Å². The fourth-order valence-electron chi connectivity index (χ4n) is 2.55. The van der Waals surface area contributed by atoms with Crippen molar-refractivity contribution in [3.05, 3.63) is 26.8 Å². The van der Waals surface area contributed by atoms with Crippen LogP contribution in [0.2, 0.25) is 0 Å². The van der Waals surface area contributed by atoms with Crippen LogP contribution in [0.15, 0.2) is 21.3 Å². The van der Waals surface area contributed by atoms with Crippen LogP contribution in [0.5, 0.6) is 0 Å². The smallest absolute Gasteiger partial charge is 0.286 e. The van der Waals surface area contributed by atoms with E-state index >= 15 is 0 Å². The largest absolute Gasteiger partial charge is 0.351 e. The van der Waals surface area contributed by atoms with Crippen LogP contribution in [-0.4, -0.2) is 29.1 Å². The van der Waals surface area contributed by atoms with Crippen LogP contribution in [0.3, 0.4) is 0 Å². The average Bonchev–Trinajstić information content (AvgIpc) is 2.98. The van der Waals surface area contributed by atoms with Gasteiger partial charge in [-0.2, -0.15) is 4.99 Å². The van der Waals surface area contributed by atoms with Gasteiger partial charge in [0.15, 0.2) is 5.17 Å². The van der Waals surface area contributed by atoms with Gasteiger partial charge in [0, 0.05) is 18.0 Å². The van der Waals surface area contributed by atoms with E-state index in [0.717, 1.165) is 28.0 Å². The quantitative estimate of drug-likeness (QED) is 0.741. The van der Waals surface area contributed by atoms with Crippen molar-refractivity contribution in [2.45, 2.75) is 26.7 Å². The molecular formula is C15H18N2OS2. The molecule has 3 rings (SSSR count). The number of hydrogen-bond donors (Lipinski definition) is 0. The summed E-state index contributed by atoms with van der Waals surface area (Å²) >= 11 is 3.20. The highest BCUT2D eigenvalue weighted by molar-refractivity contribution is 8.18. The first kappa shape index (κ1) is 13.9. The first-order valence-corrected chi connectivity index (χ1v) is 8.64. The normalized spacial score (nSPS) is 25.4. The zero-order valence-corrected chi connectivity index (χ0v) is 13.4. The molecule has 1 amide bonds. The topological polar surface area (TPSA) is 32.7 Å². The van der Waals surface area contributed by atoms with Crippen molar-refractivity contribution in [3.63, 3.8) is 0 Å². The third kappa shape index (κ3) is 2.83. The SMILES string of the molecule is Cc1ccsc1C=C1SC(N2CCCC(C)C2)=NC1=O. The van der Waals surface area contributed by atoms with E-state index in [1.807, 2.05) is 6.08 Å². The van der Waals surface area contributed by atoms with Gasteiger partial charge in [-0.1, -0.05) is 6.92 Å². The predicted molar refractivity (Wildman–Crippen MR) is 87.0 cm³/mol. The molecule has 0 aromatic carbocycles. The van der Waals surface area contributed by atoms with Crippen LogP contribution >= 0.6 is 23.1 Å². The summed E-state index contributed by atoms with van der Waals surface area (Å²) in [5.41, 5.74) is 1.22. The standard InChI is InChI=1S/C15H18N2OS2/c1-10-4-3-6-17(9-10)15-16-14(18)13(20-15)8-12-11(2)5-7-19-12/h5,7-8,10H,3-4,6,9H2,1-2H3. The molecule has 0 radical (unpaired) electrons. The second kappa shape index (κ2) is 5.74. The second-order valence-electron chi connectivity index (χ2n) is 5.47. The molecule has 0 saturated carbocycles. The number of nitrogens with zero attached hydrogens (tertiary/aromatic N) is 2. The van der Waals surface area contributed by atoms with Crippen LogP contribution < -0.4 is 0 Å². The molecule has 0 spiro atoms. The van der Waals surface area contributed by atoms with Crippen molar-refractivity contribution < 1.29 is 4.79 Å². The number of amides is 1. The summed E-state index contributed by atoms with van der Waals surface area (Å²) in [4.78, 5) is 20.5. The van der Waals surface area contributed by atoms with E-state index in [4.69, 9.17) is 0 Å². The summed E-state index contributed by atoms with van der Waals surface area (Å²) in [5.74, 6) is 0.603. The number of carbonyl (C=O) groups excluding carboxylic acids is 1. The van der Waals surface area contributed by atoms with Crippen molar-refractivity contribution in [2.24, 2.45) is 10.9 Å². The zero-order chi connectivity index (χ0) is 14.1. The molecule has 2 aliphatic rings. The van der Waals surface area contributed by atoms with Crippen molar-refractivity contribution >= 4 is 40.2 Å². The molecule has 20 heavy (non-hydrogen) atoms. The minimum Gasteiger partial charge on any atom is -0.351 e. The van der Waals surface area contributed by atoms with Crippen LogP contribution in [0.4, 0.5) is 0 Å². The highest BCUT2D eigenvalue weighted by atomic mass is 32.2. The van der Waals surface area contributed by atoms with Gasteiger partial charge in [-0.25, -0.2) is 0 Å². The van der Waals surface area contributed by atoms with E-state index in [1.54, 1.807) is 11.3 Å². The first-order chi connectivity index (χ1) is 9.63. The highest BCUT2D eigenvalue weighted by Crippen LogP contribution is 2.33. The van der Waals surface area contributed by atoms with Gasteiger partial charge in [0.25, 0.3) is 5.91 Å². The molecule has 1 atom stereocenters. The van der Waals surface area contributed by atoms with E-state index in [9.17, 15) is 4.79 Å². The fourth-order valence-corrected chi connectivity index (χ4v) is 4.41. The Hall–Kier alpha value is -1.07. The second-order valence-corrected chi connectivity index (χ2v) is 7.43. The van der Waals surface area contributed by atoms with Crippen LogP contribution in [0.25, 0.3) is 6.08 Å². The minimum absolute atomic E-state index is 0.0870. The van der Waals surface area contributed by atoms with E-state index in [2.05, 4.69) is 35.2 Å². The Kier molecular flexibility index (Phi) is 3.98. The number of thiophene rings is 1. The van der Waals surface area contributed by atoms with Crippen molar-refractivity contribution in [3.8, 4) is 0 Å². The molecule has 2 aliphatic heterocycles. The molecule has 106 valence electrons. The molecule has 1 unspecified atom stereocenters. The Balaban J connectivity index is 1.75. The Morgan fingerprint density at radius 3 is 3.05 bits per heavy atom. The molecule has 0 aliphatic carbocycles. The molecule has 1 fully saturated rings. The lowest BCUT2D eigenvalue weighted by molar-refractivity contribution is -0.113. The highest BCUT2D eigenvalue weighted by Gasteiger charge is 2.28. The molecule has 3 nitrogen and oxygen atoms in total. The molecule has 0 bridgehead atoms. The van der Waals surface area contributed by atoms with E-state index < -0.39 is 0 Å². The monoisotopic (exact) mass is 306 g/mol. The number of likely N-dealkylation sites (tertiary alicyclic amines) is 1. The number of aryl methyl sites for hydroxylation is 1. The number of amidine groups is 1. The molecule has 1 aromatic rings. The van der Waals surface area contributed by atoms with Gasteiger partial charge < -0.3 is 4.90 Å². The first-order valence-electron chi connectivity index (χ1n) is 6.95. The van der Waals surface area contributed by atoms with Gasteiger partial charge in [-0.3, -0.25) is 4.79 Å². The minimum atomic E-state index is -0.0870. The van der Waals surface area contributed by atoms with Crippen molar-refractivity contribution in [2.75, 3.05) is 13.1 Å². The number of hydrogen-bond acceptors (Lipinski definition) is 4. The third-order valence-corrected chi connectivity index (χ3v) is 5.71. The average molecular weight is 306 g/mol. The van der Waals surface area contributed by atoms with Gasteiger partial charge in [0.05, 0.1) is 4.91 Å². The summed E-state index contributed by atoms with van der Waals surface area (Å²) in [6, 6.07) is 2.08. The molecule has 0 N–H and O–H groups in total. The van der Waals surface area contributed by atoms with Crippen molar-refractivity contribution in [1.29, 1.82) is 0 Å². The van der Waals surface area contributed by atoms with Gasteiger partial charge in [-0.15, -0.1) is 11.3 Å². The van der Waals surface area contributed by atoms with Gasteiger partial charge in [-0.05, 0) is 60.5 Å². The number of rotatable bonds is 1. The lowest BCUT2D eigenvalue weighted by Gasteiger charge is -2.31. The number of carbonyl (C=O) groups is 1. The Labute approximate surface area is 127 Å². The lowest BCUT2D eigenvalue weighted by Crippen LogP contribution is -2.37. The molecule has 5 heteroatoms. The number of aliphatic imine (C=N–C) groups is 1. The Morgan fingerprint density at radius 1 is 1.50 bits per heavy atom. The van der Waals surface area contributed by atoms with E-state index in [0.29, 0.717) is 5.92 Å². The van der Waals surface area contributed by atoms with Gasteiger partial charge in [0.2, 0.25) is 0 Å². The summed E-state index contributed by atoms with van der Waals surface area (Å²) in [6.45, 7) is 6.38. The molecule has 3 heterocycles. The van der Waals surface area contributed by atoms with Gasteiger partial charge in [0.1, 0.15) is 0 Å². The van der Waals surface area contributed by atoms with E-state index in [1.165, 1.54) is 30.2 Å². The Bertz CT molecular complexity index is 588. The summed E-state index contributed by atoms with van der Waals surface area (Å²) in [5, 5.41) is 2.95. The lowest BCUT2D eigenvalue weighted by atomic mass is 10.0. The molecule has 1 saturated heterocycles. The van der Waals surface area contributed by atoms with Crippen molar-refractivity contribution in [1.82, 2.24) is 4.90 Å². The summed E-state index contributed by atoms with van der Waals surface area (Å²) in [7, 11) is 0. The molecule has 1 aromatic heterocycles. The summed E-state index contributed by atoms with van der Waals surface area (Å²) < 4.78 is 0. The maximum absolute atomic E-state index is 12.0. The molecular weight excluding hydrogens is 288 g/mol. The van der Waals surface area contributed by atoms with E-state index in [-0.39, 0.29) is 5.91 Å². The maximum atomic E-state index is 12.0. The van der Waals surface area contributed by atoms with Crippen LogP contribution in [-0.2, 0) is 4.79 Å². The summed E-state index contributed by atoms with van der Waals surface area (Å²) in [6.07, 6.45) is 4.45. The van der Waals surface area contributed by atoms with Crippen LogP contribution in [0, 0.1) is 12.8 Å². The fraction of sp³-hybridized carbons (Fsp3) is 0.467. The number of thioether (sulfide) groups is 1. The predicted octanol–water partition coefficient (Wildman–Crippen LogP) is 3.76. The Morgan fingerprint density at radius 2 is 2.35 bits per heavy atom. The zero-order valence-electron chi connectivity index (χ0n) is 11.8. The van der Waals surface area contributed by atoms with Gasteiger partial charge >= 0.3 is 0 Å². The third-order valence-electron chi connectivity index (χ3n) is 3.70. The number of piperidine rings is 1. The maximum Gasteiger partial charge on any atom is 0.286 e.